The van der Waals surface area contributed by atoms with Crippen LogP contribution in [0, 0.1) is 0 Å². The van der Waals surface area contributed by atoms with E-state index < -0.39 is 6.10 Å². The van der Waals surface area contributed by atoms with Crippen molar-refractivity contribution in [3.63, 3.8) is 0 Å². The smallest absolute Gasteiger partial charge is 0.253 e. The number of aliphatic hydroxyl groups excluding tert-OH is 1. The van der Waals surface area contributed by atoms with Gasteiger partial charge in [-0.15, -0.1) is 0 Å². The van der Waals surface area contributed by atoms with Crippen LogP contribution in [0.25, 0.3) is 0 Å². The van der Waals surface area contributed by atoms with Crippen LogP contribution in [0.2, 0.25) is 10.0 Å². The van der Waals surface area contributed by atoms with Crippen molar-refractivity contribution in [1.29, 1.82) is 0 Å². The number of carbonyl (C=O) groups excluding carboxylic acids is 1. The van der Waals surface area contributed by atoms with Crippen LogP contribution in [0.4, 0.5) is 0 Å². The largest absolute Gasteiger partial charge is 0.392 e. The first-order chi connectivity index (χ1) is 7.40. The quantitative estimate of drug-likeness (QED) is 0.908. The molecule has 0 aliphatic carbocycles. The van der Waals surface area contributed by atoms with E-state index in [0.29, 0.717) is 15.6 Å². The molecule has 16 heavy (non-hydrogen) atoms. The van der Waals surface area contributed by atoms with Gasteiger partial charge in [-0.1, -0.05) is 23.2 Å². The number of aliphatic hydroxyl groups is 1. The summed E-state index contributed by atoms with van der Waals surface area (Å²) in [6, 6.07) is 4.66. The Labute approximate surface area is 105 Å². The topological polar surface area (TPSA) is 40.5 Å². The number of hydrogen-bond acceptors (Lipinski definition) is 2. The number of benzene rings is 1. The lowest BCUT2D eigenvalue weighted by Gasteiger charge is -2.18. The highest BCUT2D eigenvalue weighted by Gasteiger charge is 2.14. The van der Waals surface area contributed by atoms with Crippen LogP contribution < -0.4 is 0 Å². The van der Waals surface area contributed by atoms with Crippen molar-refractivity contribution in [1.82, 2.24) is 4.90 Å². The van der Waals surface area contributed by atoms with E-state index >= 15 is 0 Å². The van der Waals surface area contributed by atoms with Crippen molar-refractivity contribution in [3.05, 3.63) is 33.8 Å². The lowest BCUT2D eigenvalue weighted by atomic mass is 10.2. The number of halogens is 2. The molecule has 0 fully saturated rings. The van der Waals surface area contributed by atoms with Gasteiger partial charge >= 0.3 is 0 Å². The van der Waals surface area contributed by atoms with Gasteiger partial charge in [0.25, 0.3) is 5.91 Å². The molecular formula is C11H13Cl2NO2. The molecule has 0 aliphatic heterocycles. The molecule has 1 unspecified atom stereocenters. The number of amides is 1. The number of rotatable bonds is 3. The first-order valence-corrected chi connectivity index (χ1v) is 5.55. The van der Waals surface area contributed by atoms with Gasteiger partial charge in [-0.25, -0.2) is 0 Å². The molecule has 1 atom stereocenters. The van der Waals surface area contributed by atoms with Crippen molar-refractivity contribution in [2.45, 2.75) is 13.0 Å². The van der Waals surface area contributed by atoms with Crippen LogP contribution in [0.5, 0.6) is 0 Å². The van der Waals surface area contributed by atoms with E-state index in [1.807, 2.05) is 0 Å². The molecular weight excluding hydrogens is 249 g/mol. The molecule has 0 aromatic heterocycles. The Kier molecular flexibility index (Phi) is 4.59. The van der Waals surface area contributed by atoms with Crippen LogP contribution in [0.15, 0.2) is 18.2 Å². The average molecular weight is 262 g/mol. The predicted octanol–water partition coefficient (Wildman–Crippen LogP) is 2.45. The van der Waals surface area contributed by atoms with Gasteiger partial charge in [0, 0.05) is 29.2 Å². The summed E-state index contributed by atoms with van der Waals surface area (Å²) in [4.78, 5) is 13.3. The molecule has 1 aromatic carbocycles. The highest BCUT2D eigenvalue weighted by Crippen LogP contribution is 2.19. The number of carbonyl (C=O) groups is 1. The monoisotopic (exact) mass is 261 g/mol. The Balaban J connectivity index is 2.87. The maximum absolute atomic E-state index is 11.9. The van der Waals surface area contributed by atoms with Crippen molar-refractivity contribution in [2.75, 3.05) is 13.6 Å². The third kappa shape index (κ3) is 3.67. The van der Waals surface area contributed by atoms with Gasteiger partial charge < -0.3 is 10.0 Å². The third-order valence-corrected chi connectivity index (χ3v) is 2.43. The fraction of sp³-hybridized carbons (Fsp3) is 0.364. The Morgan fingerprint density at radius 3 is 2.31 bits per heavy atom. The Bertz CT molecular complexity index is 373. The van der Waals surface area contributed by atoms with Gasteiger partial charge in [-0.2, -0.15) is 0 Å². The minimum atomic E-state index is -0.566. The first kappa shape index (κ1) is 13.3. The van der Waals surface area contributed by atoms with Crippen LogP contribution in [0.1, 0.15) is 17.3 Å². The Morgan fingerprint density at radius 1 is 1.38 bits per heavy atom. The maximum Gasteiger partial charge on any atom is 0.253 e. The molecule has 3 nitrogen and oxygen atoms in total. The van der Waals surface area contributed by atoms with E-state index in [1.165, 1.54) is 4.90 Å². The summed E-state index contributed by atoms with van der Waals surface area (Å²) in [7, 11) is 1.61. The van der Waals surface area contributed by atoms with E-state index in [4.69, 9.17) is 23.2 Å². The fourth-order valence-corrected chi connectivity index (χ4v) is 1.90. The molecule has 0 radical (unpaired) electrons. The van der Waals surface area contributed by atoms with Crippen LogP contribution >= 0.6 is 23.2 Å². The zero-order valence-electron chi connectivity index (χ0n) is 9.08. The van der Waals surface area contributed by atoms with Crippen LogP contribution in [-0.2, 0) is 0 Å². The first-order valence-electron chi connectivity index (χ1n) is 4.79. The van der Waals surface area contributed by atoms with Gasteiger partial charge in [0.15, 0.2) is 0 Å². The fourth-order valence-electron chi connectivity index (χ4n) is 1.38. The molecule has 1 amide bonds. The lowest BCUT2D eigenvalue weighted by molar-refractivity contribution is 0.0703. The van der Waals surface area contributed by atoms with Crippen molar-refractivity contribution >= 4 is 29.1 Å². The van der Waals surface area contributed by atoms with Crippen molar-refractivity contribution in [2.24, 2.45) is 0 Å². The second kappa shape index (κ2) is 5.53. The van der Waals surface area contributed by atoms with E-state index in [2.05, 4.69) is 0 Å². The van der Waals surface area contributed by atoms with Crippen LogP contribution in [0.3, 0.4) is 0 Å². The molecule has 0 spiro atoms. The summed E-state index contributed by atoms with van der Waals surface area (Å²) in [6.07, 6.45) is -0.566. The van der Waals surface area contributed by atoms with Gasteiger partial charge in [-0.3, -0.25) is 4.79 Å². The zero-order valence-corrected chi connectivity index (χ0v) is 10.6. The average Bonchev–Trinajstić information content (AvgIpc) is 2.13. The summed E-state index contributed by atoms with van der Waals surface area (Å²) in [5, 5.41) is 10.0. The molecule has 0 aliphatic rings. The van der Waals surface area contributed by atoms with Crippen LogP contribution in [-0.4, -0.2) is 35.6 Å². The second-order valence-electron chi connectivity index (χ2n) is 3.69. The van der Waals surface area contributed by atoms with E-state index in [0.717, 1.165) is 0 Å². The number of hydrogen-bond donors (Lipinski definition) is 1. The van der Waals surface area contributed by atoms with E-state index in [-0.39, 0.29) is 12.5 Å². The molecule has 1 N–H and O–H groups in total. The molecule has 1 aromatic rings. The molecule has 0 saturated heterocycles. The van der Waals surface area contributed by atoms with E-state index in [9.17, 15) is 9.90 Å². The SMILES string of the molecule is CC(O)CN(C)C(=O)c1cc(Cl)cc(Cl)c1. The van der Waals surface area contributed by atoms with Crippen molar-refractivity contribution in [3.8, 4) is 0 Å². The summed E-state index contributed by atoms with van der Waals surface area (Å²) in [5.41, 5.74) is 0.417. The Morgan fingerprint density at radius 2 is 1.88 bits per heavy atom. The van der Waals surface area contributed by atoms with Gasteiger partial charge in [0.1, 0.15) is 0 Å². The second-order valence-corrected chi connectivity index (χ2v) is 4.57. The van der Waals surface area contributed by atoms with Gasteiger partial charge in [0.05, 0.1) is 6.10 Å². The summed E-state index contributed by atoms with van der Waals surface area (Å²) in [6.45, 7) is 1.89. The number of likely N-dealkylation sites (N-methyl/N-ethyl adjacent to an activating group) is 1. The zero-order chi connectivity index (χ0) is 12.3. The molecule has 0 bridgehead atoms. The van der Waals surface area contributed by atoms with E-state index in [1.54, 1.807) is 32.2 Å². The highest BCUT2D eigenvalue weighted by molar-refractivity contribution is 6.35. The maximum atomic E-state index is 11.9. The van der Waals surface area contributed by atoms with Gasteiger partial charge in [0.2, 0.25) is 0 Å². The van der Waals surface area contributed by atoms with Gasteiger partial charge in [-0.05, 0) is 25.1 Å². The summed E-state index contributed by atoms with van der Waals surface area (Å²) >= 11 is 11.6. The van der Waals surface area contributed by atoms with Crippen molar-refractivity contribution < 1.29 is 9.90 Å². The molecule has 0 heterocycles. The standard InChI is InChI=1S/C11H13Cl2NO2/c1-7(15)6-14(2)11(16)8-3-9(12)5-10(13)4-8/h3-5,7,15H,6H2,1-2H3. The lowest BCUT2D eigenvalue weighted by Crippen LogP contribution is -2.33. The number of nitrogens with zero attached hydrogens (tertiary/aromatic N) is 1. The third-order valence-electron chi connectivity index (χ3n) is 1.99. The molecule has 1 rings (SSSR count). The summed E-state index contributed by atoms with van der Waals surface area (Å²) < 4.78 is 0. The molecule has 0 saturated carbocycles. The highest BCUT2D eigenvalue weighted by atomic mass is 35.5. The Hall–Kier alpha value is -0.770. The summed E-state index contributed by atoms with van der Waals surface area (Å²) in [5.74, 6) is -0.217. The predicted molar refractivity (Wildman–Crippen MR) is 65.1 cm³/mol. The minimum Gasteiger partial charge on any atom is -0.392 e. The minimum absolute atomic E-state index is 0.217. The molecule has 88 valence electrons. The molecule has 5 heteroatoms. The normalized spacial score (nSPS) is 12.3.